The Morgan fingerprint density at radius 1 is 1.07 bits per heavy atom. The van der Waals surface area contributed by atoms with Crippen molar-refractivity contribution in [3.63, 3.8) is 0 Å². The normalized spacial score (nSPS) is 12.4. The van der Waals surface area contributed by atoms with E-state index in [0.29, 0.717) is 36.1 Å². The van der Waals surface area contributed by atoms with Crippen LogP contribution in [0.1, 0.15) is 29.7 Å². The summed E-state index contributed by atoms with van der Waals surface area (Å²) in [5.74, 6) is 1.95. The van der Waals surface area contributed by atoms with Crippen LogP contribution in [0.5, 0.6) is 11.5 Å². The maximum Gasteiger partial charge on any atom is 0.191 e. The second-order valence-electron chi connectivity index (χ2n) is 6.16. The number of aliphatic hydroxyl groups is 1. The first-order valence-electron chi connectivity index (χ1n) is 9.05. The second kappa shape index (κ2) is 10.4. The van der Waals surface area contributed by atoms with Crippen molar-refractivity contribution in [3.8, 4) is 11.5 Å². The number of aryl methyl sites for hydroxylation is 1. The van der Waals surface area contributed by atoms with Gasteiger partial charge in [0.05, 0.1) is 26.9 Å². The molecule has 2 aromatic carbocycles. The van der Waals surface area contributed by atoms with E-state index in [2.05, 4.69) is 34.7 Å². The smallest absolute Gasteiger partial charge is 0.191 e. The molecule has 0 saturated heterocycles. The number of nitrogens with one attached hydrogen (secondary N) is 2. The maximum atomic E-state index is 10.6. The van der Waals surface area contributed by atoms with E-state index in [1.54, 1.807) is 32.4 Å². The van der Waals surface area contributed by atoms with Crippen molar-refractivity contribution in [2.24, 2.45) is 4.99 Å². The molecule has 2 aromatic rings. The van der Waals surface area contributed by atoms with Gasteiger partial charge in [-0.3, -0.25) is 0 Å². The number of benzene rings is 2. The van der Waals surface area contributed by atoms with Crippen molar-refractivity contribution in [1.82, 2.24) is 10.6 Å². The van der Waals surface area contributed by atoms with Gasteiger partial charge in [-0.05, 0) is 42.7 Å². The first kappa shape index (κ1) is 20.6. The van der Waals surface area contributed by atoms with Crippen LogP contribution in [0, 0.1) is 6.92 Å². The topological polar surface area (TPSA) is 75.1 Å². The Morgan fingerprint density at radius 2 is 1.74 bits per heavy atom. The van der Waals surface area contributed by atoms with Crippen LogP contribution in [0.25, 0.3) is 0 Å². The molecule has 0 radical (unpaired) electrons. The SMILES string of the molecule is CCNC(=NCc1ccccc1C)NCC(O)c1cc(OC)cc(OC)c1. The molecule has 0 aliphatic rings. The van der Waals surface area contributed by atoms with Gasteiger partial charge in [-0.2, -0.15) is 0 Å². The lowest BCUT2D eigenvalue weighted by molar-refractivity contribution is 0.180. The lowest BCUT2D eigenvalue weighted by Crippen LogP contribution is -2.39. The molecule has 0 bridgehead atoms. The zero-order chi connectivity index (χ0) is 19.6. The number of aliphatic hydroxyl groups excluding tert-OH is 1. The molecule has 1 unspecified atom stereocenters. The molecule has 0 saturated carbocycles. The second-order valence-corrected chi connectivity index (χ2v) is 6.16. The molecule has 6 heteroatoms. The molecule has 0 aromatic heterocycles. The molecule has 0 amide bonds. The van der Waals surface area contributed by atoms with Gasteiger partial charge in [0.15, 0.2) is 5.96 Å². The number of hydrogen-bond acceptors (Lipinski definition) is 4. The van der Waals surface area contributed by atoms with Crippen molar-refractivity contribution in [2.75, 3.05) is 27.3 Å². The fraction of sp³-hybridized carbons (Fsp3) is 0.381. The standard InChI is InChI=1S/C21H29N3O3/c1-5-22-21(23-13-16-9-7-6-8-15(16)2)24-14-20(25)17-10-18(26-3)12-19(11-17)27-4/h6-12,20,25H,5,13-14H2,1-4H3,(H2,22,23,24). The van der Waals surface area contributed by atoms with Crippen LogP contribution in [0.4, 0.5) is 0 Å². The molecule has 0 heterocycles. The highest BCUT2D eigenvalue weighted by Gasteiger charge is 2.12. The molecule has 0 fully saturated rings. The Labute approximate surface area is 161 Å². The van der Waals surface area contributed by atoms with E-state index < -0.39 is 6.10 Å². The van der Waals surface area contributed by atoms with E-state index in [0.717, 1.165) is 6.54 Å². The van der Waals surface area contributed by atoms with E-state index in [1.807, 2.05) is 19.1 Å². The number of nitrogens with zero attached hydrogens (tertiary/aromatic N) is 1. The largest absolute Gasteiger partial charge is 0.497 e. The van der Waals surface area contributed by atoms with Crippen LogP contribution in [0.3, 0.4) is 0 Å². The van der Waals surface area contributed by atoms with Crippen molar-refractivity contribution in [3.05, 3.63) is 59.2 Å². The number of guanidine groups is 1. The van der Waals surface area contributed by atoms with E-state index in [9.17, 15) is 5.11 Å². The number of ether oxygens (including phenoxy) is 2. The van der Waals surface area contributed by atoms with E-state index in [-0.39, 0.29) is 0 Å². The molecule has 1 atom stereocenters. The Morgan fingerprint density at radius 3 is 2.33 bits per heavy atom. The van der Waals surface area contributed by atoms with Gasteiger partial charge in [0.1, 0.15) is 11.5 Å². The summed E-state index contributed by atoms with van der Waals surface area (Å²) < 4.78 is 10.5. The molecule has 6 nitrogen and oxygen atoms in total. The third-order valence-corrected chi connectivity index (χ3v) is 4.23. The molecule has 0 spiro atoms. The predicted octanol–water partition coefficient (Wildman–Crippen LogP) is 2.80. The van der Waals surface area contributed by atoms with Gasteiger partial charge in [-0.1, -0.05) is 24.3 Å². The Balaban J connectivity index is 2.04. The Kier molecular flexibility index (Phi) is 7.95. The van der Waals surface area contributed by atoms with Crippen molar-refractivity contribution < 1.29 is 14.6 Å². The summed E-state index contributed by atoms with van der Waals surface area (Å²) in [7, 11) is 3.18. The summed E-state index contributed by atoms with van der Waals surface area (Å²) in [6, 6.07) is 13.5. The van der Waals surface area contributed by atoms with Crippen molar-refractivity contribution in [1.29, 1.82) is 0 Å². The molecule has 2 rings (SSSR count). The van der Waals surface area contributed by atoms with Crippen LogP contribution in [0.15, 0.2) is 47.5 Å². The van der Waals surface area contributed by atoms with E-state index in [1.165, 1.54) is 11.1 Å². The van der Waals surface area contributed by atoms with Gasteiger partial charge < -0.3 is 25.2 Å². The summed E-state index contributed by atoms with van der Waals surface area (Å²) in [6.07, 6.45) is -0.726. The summed E-state index contributed by atoms with van der Waals surface area (Å²) in [5, 5.41) is 16.9. The lowest BCUT2D eigenvalue weighted by atomic mass is 10.1. The third-order valence-electron chi connectivity index (χ3n) is 4.23. The average molecular weight is 371 g/mol. The highest BCUT2D eigenvalue weighted by atomic mass is 16.5. The minimum atomic E-state index is -0.726. The van der Waals surface area contributed by atoms with E-state index >= 15 is 0 Å². The number of hydrogen-bond donors (Lipinski definition) is 3. The molecule has 0 aliphatic heterocycles. The fourth-order valence-electron chi connectivity index (χ4n) is 2.63. The molecule has 3 N–H and O–H groups in total. The number of methoxy groups -OCH3 is 2. The molecular formula is C21H29N3O3. The van der Waals surface area contributed by atoms with Gasteiger partial charge in [0, 0.05) is 19.2 Å². The minimum absolute atomic E-state index is 0.315. The third kappa shape index (κ3) is 6.18. The number of rotatable bonds is 8. The average Bonchev–Trinajstić information content (AvgIpc) is 2.70. The quantitative estimate of drug-likeness (QED) is 0.491. The van der Waals surface area contributed by atoms with Gasteiger partial charge in [0.2, 0.25) is 0 Å². The highest BCUT2D eigenvalue weighted by Crippen LogP contribution is 2.26. The predicted molar refractivity (Wildman–Crippen MR) is 109 cm³/mol. The van der Waals surface area contributed by atoms with Crippen LogP contribution in [-0.4, -0.2) is 38.4 Å². The van der Waals surface area contributed by atoms with Crippen molar-refractivity contribution in [2.45, 2.75) is 26.5 Å². The zero-order valence-corrected chi connectivity index (χ0v) is 16.5. The summed E-state index contributed by atoms with van der Waals surface area (Å²) >= 11 is 0. The monoisotopic (exact) mass is 371 g/mol. The molecule has 27 heavy (non-hydrogen) atoms. The first-order valence-corrected chi connectivity index (χ1v) is 9.05. The van der Waals surface area contributed by atoms with E-state index in [4.69, 9.17) is 9.47 Å². The summed E-state index contributed by atoms with van der Waals surface area (Å²) in [6.45, 7) is 5.71. The minimum Gasteiger partial charge on any atom is -0.497 e. The van der Waals surface area contributed by atoms with Crippen LogP contribution in [0.2, 0.25) is 0 Å². The molecule has 0 aliphatic carbocycles. The van der Waals surface area contributed by atoms with Gasteiger partial charge in [-0.25, -0.2) is 4.99 Å². The fourth-order valence-corrected chi connectivity index (χ4v) is 2.63. The van der Waals surface area contributed by atoms with Crippen LogP contribution >= 0.6 is 0 Å². The highest BCUT2D eigenvalue weighted by molar-refractivity contribution is 5.79. The van der Waals surface area contributed by atoms with Gasteiger partial charge >= 0.3 is 0 Å². The maximum absolute atomic E-state index is 10.6. The number of aliphatic imine (C=N–C) groups is 1. The van der Waals surface area contributed by atoms with Gasteiger partial charge in [0.25, 0.3) is 0 Å². The van der Waals surface area contributed by atoms with Crippen molar-refractivity contribution >= 4 is 5.96 Å². The van der Waals surface area contributed by atoms with Gasteiger partial charge in [-0.15, -0.1) is 0 Å². The lowest BCUT2D eigenvalue weighted by Gasteiger charge is -2.17. The van der Waals surface area contributed by atoms with Crippen LogP contribution in [-0.2, 0) is 6.54 Å². The first-order chi connectivity index (χ1) is 13.1. The molecular weight excluding hydrogens is 342 g/mol. The summed E-state index contributed by atoms with van der Waals surface area (Å²) in [5.41, 5.74) is 3.10. The van der Waals surface area contributed by atoms with Crippen LogP contribution < -0.4 is 20.1 Å². The zero-order valence-electron chi connectivity index (χ0n) is 16.5. The Bertz CT molecular complexity index is 740. The summed E-state index contributed by atoms with van der Waals surface area (Å²) in [4.78, 5) is 4.61. The Hall–Kier alpha value is -2.73. The molecule has 146 valence electrons.